The lowest BCUT2D eigenvalue weighted by molar-refractivity contribution is -0.106. The molecule has 2 rings (SSSR count). The van der Waals surface area contributed by atoms with Crippen LogP contribution in [0.2, 0.25) is 0 Å². The molecule has 112 valence electrons. The van der Waals surface area contributed by atoms with Gasteiger partial charge in [0.05, 0.1) is 17.3 Å². The zero-order valence-electron chi connectivity index (χ0n) is 12.9. The minimum absolute atomic E-state index is 0.175. The first kappa shape index (κ1) is 15.9. The van der Waals surface area contributed by atoms with Crippen LogP contribution in [0.25, 0.3) is 0 Å². The summed E-state index contributed by atoms with van der Waals surface area (Å²) in [5, 5.41) is 10.4. The van der Waals surface area contributed by atoms with Crippen LogP contribution in [-0.4, -0.2) is 28.2 Å². The molecule has 3 heteroatoms. The Bertz CT molecular complexity index is 432. The Morgan fingerprint density at radius 2 is 1.85 bits per heavy atom. The number of ether oxygens (including phenoxy) is 1. The summed E-state index contributed by atoms with van der Waals surface area (Å²) >= 11 is 1.87. The number of thioether (sulfide) groups is 1. The molecule has 0 aromatic heterocycles. The first-order valence-corrected chi connectivity index (χ1v) is 8.40. The molecule has 0 radical (unpaired) electrons. The quantitative estimate of drug-likeness (QED) is 0.654. The van der Waals surface area contributed by atoms with E-state index in [1.54, 1.807) is 0 Å². The molecule has 1 aliphatic heterocycles. The summed E-state index contributed by atoms with van der Waals surface area (Å²) in [4.78, 5) is 1.30. The molecule has 0 saturated carbocycles. The molecule has 1 aromatic rings. The van der Waals surface area contributed by atoms with Crippen LogP contribution in [-0.2, 0) is 4.74 Å². The molecular weight excluding hydrogens is 268 g/mol. The highest BCUT2D eigenvalue weighted by atomic mass is 32.2. The van der Waals surface area contributed by atoms with Gasteiger partial charge in [-0.15, -0.1) is 11.8 Å². The van der Waals surface area contributed by atoms with E-state index < -0.39 is 5.60 Å². The Morgan fingerprint density at radius 1 is 1.20 bits per heavy atom. The first-order valence-electron chi connectivity index (χ1n) is 7.41. The van der Waals surface area contributed by atoms with Crippen molar-refractivity contribution in [3.8, 4) is 0 Å². The van der Waals surface area contributed by atoms with Gasteiger partial charge in [0.2, 0.25) is 0 Å². The Hall–Kier alpha value is -0.510. The van der Waals surface area contributed by atoms with E-state index in [9.17, 15) is 5.11 Å². The van der Waals surface area contributed by atoms with E-state index in [4.69, 9.17) is 4.74 Å². The fourth-order valence-corrected chi connectivity index (χ4v) is 3.87. The summed E-state index contributed by atoms with van der Waals surface area (Å²) in [5.74, 6) is 1.24. The molecule has 20 heavy (non-hydrogen) atoms. The van der Waals surface area contributed by atoms with Gasteiger partial charge in [-0.1, -0.05) is 25.1 Å². The van der Waals surface area contributed by atoms with Crippen molar-refractivity contribution in [1.29, 1.82) is 0 Å². The highest BCUT2D eigenvalue weighted by molar-refractivity contribution is 7.99. The van der Waals surface area contributed by atoms with Crippen LogP contribution in [0.1, 0.15) is 40.5 Å². The summed E-state index contributed by atoms with van der Waals surface area (Å²) in [6.45, 7) is 8.28. The second kappa shape index (κ2) is 6.08. The third-order valence-corrected chi connectivity index (χ3v) is 5.62. The van der Waals surface area contributed by atoms with Crippen LogP contribution >= 0.6 is 11.8 Å². The monoisotopic (exact) mass is 294 g/mol. The van der Waals surface area contributed by atoms with E-state index in [1.165, 1.54) is 4.90 Å². The molecule has 1 aliphatic rings. The summed E-state index contributed by atoms with van der Waals surface area (Å²) in [5.41, 5.74) is -0.638. The van der Waals surface area contributed by atoms with Gasteiger partial charge in [0.15, 0.2) is 0 Å². The molecule has 1 saturated heterocycles. The van der Waals surface area contributed by atoms with E-state index in [0.29, 0.717) is 0 Å². The average Bonchev–Trinajstić information content (AvgIpc) is 2.57. The van der Waals surface area contributed by atoms with Gasteiger partial charge in [0, 0.05) is 10.8 Å². The van der Waals surface area contributed by atoms with Crippen LogP contribution < -0.4 is 0 Å². The van der Waals surface area contributed by atoms with Crippen molar-refractivity contribution in [2.45, 2.75) is 62.7 Å². The van der Waals surface area contributed by atoms with Gasteiger partial charge >= 0.3 is 0 Å². The van der Waals surface area contributed by atoms with Crippen molar-refractivity contribution < 1.29 is 9.84 Å². The van der Waals surface area contributed by atoms with Crippen molar-refractivity contribution in [3.63, 3.8) is 0 Å². The SMILES string of the molecule is C[C@H]1[C@@H](O)[C@@](C)(CCCSc2ccccc2)OC1(C)C. The van der Waals surface area contributed by atoms with Crippen LogP contribution in [0.5, 0.6) is 0 Å². The summed E-state index contributed by atoms with van der Waals surface area (Å²) in [6, 6.07) is 10.4. The standard InChI is InChI=1S/C17H26O2S/c1-13-15(18)17(4,19-16(13,2)3)11-8-12-20-14-9-6-5-7-10-14/h5-7,9-10,13,15,18H,8,11-12H2,1-4H3/t13-,15+,17+/m0/s1. The zero-order chi connectivity index (χ0) is 14.8. The summed E-state index contributed by atoms with van der Waals surface area (Å²) in [6.07, 6.45) is 1.58. The number of benzene rings is 1. The maximum atomic E-state index is 10.4. The number of aliphatic hydroxyl groups excluding tert-OH is 1. The van der Waals surface area contributed by atoms with Crippen molar-refractivity contribution in [2.75, 3.05) is 5.75 Å². The average molecular weight is 294 g/mol. The maximum Gasteiger partial charge on any atom is 0.0923 e. The van der Waals surface area contributed by atoms with Crippen molar-refractivity contribution in [2.24, 2.45) is 5.92 Å². The number of aliphatic hydroxyl groups is 1. The fourth-order valence-electron chi connectivity index (χ4n) is 2.99. The van der Waals surface area contributed by atoms with E-state index in [1.807, 2.05) is 17.8 Å². The van der Waals surface area contributed by atoms with Crippen LogP contribution in [0.3, 0.4) is 0 Å². The van der Waals surface area contributed by atoms with Crippen molar-refractivity contribution >= 4 is 11.8 Å². The maximum absolute atomic E-state index is 10.4. The number of hydrogen-bond acceptors (Lipinski definition) is 3. The van der Waals surface area contributed by atoms with Crippen LogP contribution in [0.4, 0.5) is 0 Å². The molecule has 0 unspecified atom stereocenters. The van der Waals surface area contributed by atoms with Gasteiger partial charge in [-0.3, -0.25) is 0 Å². The minimum atomic E-state index is -0.403. The Balaban J connectivity index is 1.82. The van der Waals surface area contributed by atoms with Crippen LogP contribution in [0.15, 0.2) is 35.2 Å². The molecular formula is C17H26O2S. The minimum Gasteiger partial charge on any atom is -0.390 e. The molecule has 1 fully saturated rings. The lowest BCUT2D eigenvalue weighted by Crippen LogP contribution is -2.37. The topological polar surface area (TPSA) is 29.5 Å². The van der Waals surface area contributed by atoms with Gasteiger partial charge in [-0.05, 0) is 51.5 Å². The summed E-state index contributed by atoms with van der Waals surface area (Å²) < 4.78 is 6.15. The first-order chi connectivity index (χ1) is 9.35. The lowest BCUT2D eigenvalue weighted by atomic mass is 9.84. The molecule has 0 aliphatic carbocycles. The van der Waals surface area contributed by atoms with Crippen molar-refractivity contribution in [1.82, 2.24) is 0 Å². The van der Waals surface area contributed by atoms with E-state index in [0.717, 1.165) is 18.6 Å². The molecule has 1 N–H and O–H groups in total. The smallest absolute Gasteiger partial charge is 0.0923 e. The molecule has 3 atom stereocenters. The van der Waals surface area contributed by atoms with Crippen LogP contribution in [0, 0.1) is 5.92 Å². The largest absolute Gasteiger partial charge is 0.390 e. The van der Waals surface area contributed by atoms with E-state index >= 15 is 0 Å². The third kappa shape index (κ3) is 3.38. The Morgan fingerprint density at radius 3 is 2.40 bits per heavy atom. The van der Waals surface area contributed by atoms with Gasteiger partial charge < -0.3 is 9.84 Å². The third-order valence-electron chi connectivity index (χ3n) is 4.52. The fraction of sp³-hybridized carbons (Fsp3) is 0.647. The van der Waals surface area contributed by atoms with Gasteiger partial charge in [-0.2, -0.15) is 0 Å². The molecule has 0 bridgehead atoms. The predicted molar refractivity (Wildman–Crippen MR) is 85.1 cm³/mol. The zero-order valence-corrected chi connectivity index (χ0v) is 13.7. The van der Waals surface area contributed by atoms with Gasteiger partial charge in [0.1, 0.15) is 0 Å². The molecule has 2 nitrogen and oxygen atoms in total. The van der Waals surface area contributed by atoms with E-state index in [-0.39, 0.29) is 17.6 Å². The Labute approximate surface area is 126 Å². The molecule has 1 aromatic carbocycles. The second-order valence-corrected chi connectivity index (χ2v) is 7.69. The normalized spacial score (nSPS) is 32.5. The lowest BCUT2D eigenvalue weighted by Gasteiger charge is -2.29. The highest BCUT2D eigenvalue weighted by Crippen LogP contribution is 2.44. The van der Waals surface area contributed by atoms with Crippen molar-refractivity contribution in [3.05, 3.63) is 30.3 Å². The highest BCUT2D eigenvalue weighted by Gasteiger charge is 2.52. The van der Waals surface area contributed by atoms with Gasteiger partial charge in [0.25, 0.3) is 0 Å². The second-order valence-electron chi connectivity index (χ2n) is 6.52. The molecule has 0 spiro atoms. The molecule has 1 heterocycles. The van der Waals surface area contributed by atoms with Gasteiger partial charge in [-0.25, -0.2) is 0 Å². The summed E-state index contributed by atoms with van der Waals surface area (Å²) in [7, 11) is 0. The predicted octanol–water partition coefficient (Wildman–Crippen LogP) is 4.12. The van der Waals surface area contributed by atoms with E-state index in [2.05, 4.69) is 52.0 Å². The Kier molecular flexibility index (Phi) is 4.83. The number of rotatable bonds is 5. The molecule has 0 amide bonds. The number of hydrogen-bond donors (Lipinski definition) is 1.